The van der Waals surface area contributed by atoms with Crippen molar-refractivity contribution < 1.29 is 36.1 Å². The summed E-state index contributed by atoms with van der Waals surface area (Å²) >= 11 is 0. The van der Waals surface area contributed by atoms with Gasteiger partial charge in [0, 0.05) is 0 Å². The highest BCUT2D eigenvalue weighted by atomic mass is 19.4. The van der Waals surface area contributed by atoms with E-state index in [1.807, 2.05) is 0 Å². The molecule has 9 heteroatoms. The van der Waals surface area contributed by atoms with Gasteiger partial charge in [0.05, 0.1) is 22.3 Å². The Morgan fingerprint density at radius 2 is 1.17 bits per heavy atom. The highest BCUT2D eigenvalue weighted by Crippen LogP contribution is 2.38. The predicted molar refractivity (Wildman–Crippen MR) is 100 cm³/mol. The average molecular weight is 418 g/mol. The van der Waals surface area contributed by atoms with Gasteiger partial charge in [-0.05, 0) is 57.0 Å². The predicted octanol–water partition coefficient (Wildman–Crippen LogP) is 4.93. The van der Waals surface area contributed by atoms with Gasteiger partial charge >= 0.3 is 19.8 Å². The topological polar surface area (TPSA) is 29.5 Å². The number of alkyl halides is 6. The summed E-state index contributed by atoms with van der Waals surface area (Å²) in [5, 5.41) is 10.1. The minimum Gasteiger partial charge on any atom is -0.427 e. The molecule has 0 amide bonds. The fourth-order valence-corrected chi connectivity index (χ4v) is 2.36. The van der Waals surface area contributed by atoms with E-state index in [-0.39, 0.29) is 24.7 Å². The van der Waals surface area contributed by atoms with E-state index >= 15 is 0 Å². The molecule has 0 aliphatic rings. The first-order chi connectivity index (χ1) is 13.0. The van der Waals surface area contributed by atoms with Crippen LogP contribution in [0.15, 0.2) is 42.5 Å². The summed E-state index contributed by atoms with van der Waals surface area (Å²) < 4.78 is 83.8. The lowest BCUT2D eigenvalue weighted by molar-refractivity contribution is -0.143. The van der Waals surface area contributed by atoms with Crippen molar-refractivity contribution in [2.24, 2.45) is 0 Å². The van der Waals surface area contributed by atoms with E-state index < -0.39 is 34.7 Å². The lowest BCUT2D eigenvalue weighted by Gasteiger charge is -2.37. The fourth-order valence-electron chi connectivity index (χ4n) is 2.36. The lowest BCUT2D eigenvalue weighted by Crippen LogP contribution is -2.49. The highest BCUT2D eigenvalue weighted by molar-refractivity contribution is 6.47. The number of hydrogen-bond donors (Lipinski definition) is 1. The van der Waals surface area contributed by atoms with Gasteiger partial charge in [0.2, 0.25) is 0 Å². The molecule has 0 aromatic heterocycles. The van der Waals surface area contributed by atoms with Crippen molar-refractivity contribution in [3.63, 3.8) is 0 Å². The van der Waals surface area contributed by atoms with Crippen LogP contribution >= 0.6 is 0 Å². The minimum absolute atomic E-state index is 0.102. The van der Waals surface area contributed by atoms with Gasteiger partial charge in [-0.3, -0.25) is 0 Å². The SMILES string of the molecule is CC(C)(O)C(C)(C)OBc1ccc(-c2cc(C(F)(F)F)cc(C(F)(F)F)c2)cc1. The molecule has 0 fully saturated rings. The Bertz CT molecular complexity index is 817. The number of rotatable bonds is 5. The maximum Gasteiger partial charge on any atom is 0.416 e. The lowest BCUT2D eigenvalue weighted by atomic mass is 9.82. The molecule has 0 unspecified atom stereocenters. The Morgan fingerprint density at radius 1 is 0.724 bits per heavy atom. The summed E-state index contributed by atoms with van der Waals surface area (Å²) in [4.78, 5) is 0. The monoisotopic (exact) mass is 418 g/mol. The van der Waals surface area contributed by atoms with E-state index in [1.54, 1.807) is 39.8 Å². The van der Waals surface area contributed by atoms with Crippen LogP contribution in [0.1, 0.15) is 38.8 Å². The molecule has 0 spiro atoms. The maximum atomic E-state index is 13.0. The zero-order chi connectivity index (χ0) is 22.3. The number of halogens is 6. The summed E-state index contributed by atoms with van der Waals surface area (Å²) in [6.45, 7) is 6.62. The van der Waals surface area contributed by atoms with E-state index in [0.29, 0.717) is 17.6 Å². The molecule has 0 bridgehead atoms. The first-order valence-electron chi connectivity index (χ1n) is 8.76. The number of aliphatic hydroxyl groups is 1. The van der Waals surface area contributed by atoms with Gasteiger partial charge in [-0.15, -0.1) is 0 Å². The van der Waals surface area contributed by atoms with Gasteiger partial charge in [-0.2, -0.15) is 26.3 Å². The van der Waals surface area contributed by atoms with Crippen molar-refractivity contribution in [1.29, 1.82) is 0 Å². The number of hydrogen-bond acceptors (Lipinski definition) is 2. The van der Waals surface area contributed by atoms with Crippen LogP contribution in [0.4, 0.5) is 26.3 Å². The maximum absolute atomic E-state index is 13.0. The van der Waals surface area contributed by atoms with Crippen LogP contribution in [0.2, 0.25) is 0 Å². The standard InChI is InChI=1S/C20H21BF6O2/c1-17(2,28)18(3,4)29-21-16-7-5-12(6-8-16)13-9-14(19(22,23)24)11-15(10-13)20(25,26)27/h5-11,21,28H,1-4H3. The molecule has 1 N–H and O–H groups in total. The zero-order valence-corrected chi connectivity index (χ0v) is 16.4. The first kappa shape index (κ1) is 23.3. The summed E-state index contributed by atoms with van der Waals surface area (Å²) in [5.74, 6) is 0. The highest BCUT2D eigenvalue weighted by Gasteiger charge is 2.37. The van der Waals surface area contributed by atoms with Crippen LogP contribution in [-0.4, -0.2) is 23.8 Å². The second-order valence-corrected chi connectivity index (χ2v) is 7.85. The molecule has 0 heterocycles. The van der Waals surface area contributed by atoms with Gasteiger partial charge < -0.3 is 9.76 Å². The third kappa shape index (κ3) is 5.76. The Hall–Kier alpha value is -2.00. The third-order valence-corrected chi connectivity index (χ3v) is 4.95. The molecule has 0 radical (unpaired) electrons. The van der Waals surface area contributed by atoms with Gasteiger partial charge in [0.15, 0.2) is 0 Å². The first-order valence-corrected chi connectivity index (χ1v) is 8.76. The second kappa shape index (κ2) is 7.68. The fraction of sp³-hybridized carbons (Fsp3) is 0.400. The van der Waals surface area contributed by atoms with Crippen molar-refractivity contribution in [3.8, 4) is 11.1 Å². The van der Waals surface area contributed by atoms with Crippen LogP contribution in [0.3, 0.4) is 0 Å². The number of benzene rings is 2. The molecular weight excluding hydrogens is 397 g/mol. The van der Waals surface area contributed by atoms with Crippen LogP contribution in [-0.2, 0) is 17.0 Å². The molecular formula is C20H21BF6O2. The van der Waals surface area contributed by atoms with E-state index in [9.17, 15) is 31.4 Å². The summed E-state index contributed by atoms with van der Waals surface area (Å²) in [6.07, 6.45) is -9.79. The summed E-state index contributed by atoms with van der Waals surface area (Å²) in [5.41, 5.74) is -4.01. The molecule has 2 rings (SSSR count). The molecule has 2 nitrogen and oxygen atoms in total. The van der Waals surface area contributed by atoms with Crippen molar-refractivity contribution in [1.82, 2.24) is 0 Å². The van der Waals surface area contributed by atoms with Crippen LogP contribution in [0.5, 0.6) is 0 Å². The van der Waals surface area contributed by atoms with Crippen LogP contribution in [0, 0.1) is 0 Å². The average Bonchev–Trinajstić information content (AvgIpc) is 2.57. The van der Waals surface area contributed by atoms with Gasteiger partial charge in [-0.1, -0.05) is 29.7 Å². The Morgan fingerprint density at radius 3 is 1.55 bits per heavy atom. The van der Waals surface area contributed by atoms with E-state index in [1.165, 1.54) is 12.1 Å². The molecule has 2 aromatic carbocycles. The summed E-state index contributed by atoms with van der Waals surface area (Å²) in [6, 6.07) is 7.48. The Balaban J connectivity index is 2.32. The zero-order valence-electron chi connectivity index (χ0n) is 16.4. The largest absolute Gasteiger partial charge is 0.427 e. The van der Waals surface area contributed by atoms with Gasteiger partial charge in [-0.25, -0.2) is 0 Å². The van der Waals surface area contributed by atoms with E-state index in [4.69, 9.17) is 4.65 Å². The Labute approximate surface area is 165 Å². The molecule has 158 valence electrons. The normalized spacial score (nSPS) is 13.5. The molecule has 0 saturated carbocycles. The minimum atomic E-state index is -4.90. The second-order valence-electron chi connectivity index (χ2n) is 7.85. The third-order valence-electron chi connectivity index (χ3n) is 4.95. The quantitative estimate of drug-likeness (QED) is 0.551. The molecule has 0 aliphatic carbocycles. The van der Waals surface area contributed by atoms with Gasteiger partial charge in [0.25, 0.3) is 0 Å². The van der Waals surface area contributed by atoms with E-state index in [2.05, 4.69) is 0 Å². The van der Waals surface area contributed by atoms with Crippen molar-refractivity contribution in [3.05, 3.63) is 53.6 Å². The smallest absolute Gasteiger partial charge is 0.416 e. The Kier molecular flexibility index (Phi) is 6.17. The molecule has 0 aliphatic heterocycles. The molecule has 0 saturated heterocycles. The molecule has 0 atom stereocenters. The van der Waals surface area contributed by atoms with Gasteiger partial charge in [0.1, 0.15) is 0 Å². The van der Waals surface area contributed by atoms with Crippen LogP contribution < -0.4 is 5.46 Å². The van der Waals surface area contributed by atoms with Crippen LogP contribution in [0.25, 0.3) is 11.1 Å². The van der Waals surface area contributed by atoms with Crippen molar-refractivity contribution in [2.75, 3.05) is 0 Å². The molecule has 2 aromatic rings. The van der Waals surface area contributed by atoms with Crippen molar-refractivity contribution in [2.45, 2.75) is 51.2 Å². The van der Waals surface area contributed by atoms with E-state index in [0.717, 1.165) is 0 Å². The molecule has 29 heavy (non-hydrogen) atoms. The summed E-state index contributed by atoms with van der Waals surface area (Å²) in [7, 11) is 0.119. The van der Waals surface area contributed by atoms with Crippen molar-refractivity contribution >= 4 is 12.9 Å².